The Morgan fingerprint density at radius 1 is 0.963 bits per heavy atom. The molecule has 0 aliphatic rings. The number of nitrogens with zero attached hydrogens (tertiary/aromatic N) is 1. The van der Waals surface area contributed by atoms with Crippen molar-refractivity contribution < 1.29 is 14.3 Å². The van der Waals surface area contributed by atoms with Crippen LogP contribution < -0.4 is 14.8 Å². The number of para-hydroxylation sites is 1. The first-order valence-electron chi connectivity index (χ1n) is 8.43. The standard InChI is InChI=1S/C22H20N2O3/c1-26-20-13-11-16(15-21(20)27-2)10-12-19(25)18-9-6-14-23-22(18)24-17-7-4-3-5-8-17/h3-15H,1-2H3,(H,23,24). The minimum absolute atomic E-state index is 0.142. The average molecular weight is 360 g/mol. The van der Waals surface area contributed by atoms with Gasteiger partial charge in [0.2, 0.25) is 0 Å². The lowest BCUT2D eigenvalue weighted by Crippen LogP contribution is -2.03. The van der Waals surface area contributed by atoms with Crippen molar-refractivity contribution in [1.29, 1.82) is 0 Å². The largest absolute Gasteiger partial charge is 0.493 e. The number of allylic oxidation sites excluding steroid dienone is 1. The minimum Gasteiger partial charge on any atom is -0.493 e. The van der Waals surface area contributed by atoms with E-state index in [0.717, 1.165) is 11.3 Å². The van der Waals surface area contributed by atoms with Crippen LogP contribution in [0.3, 0.4) is 0 Å². The number of nitrogens with one attached hydrogen (secondary N) is 1. The Labute approximate surface area is 158 Å². The molecule has 27 heavy (non-hydrogen) atoms. The molecular weight excluding hydrogens is 340 g/mol. The van der Waals surface area contributed by atoms with Crippen molar-refractivity contribution in [2.45, 2.75) is 0 Å². The van der Waals surface area contributed by atoms with Crippen LogP contribution in [0, 0.1) is 0 Å². The molecule has 0 saturated carbocycles. The molecule has 0 unspecified atom stereocenters. The molecule has 0 saturated heterocycles. The van der Waals surface area contributed by atoms with Gasteiger partial charge in [0.1, 0.15) is 5.82 Å². The van der Waals surface area contributed by atoms with E-state index < -0.39 is 0 Å². The van der Waals surface area contributed by atoms with Gasteiger partial charge in [0, 0.05) is 11.9 Å². The van der Waals surface area contributed by atoms with Crippen molar-refractivity contribution in [2.75, 3.05) is 19.5 Å². The fourth-order valence-corrected chi connectivity index (χ4v) is 2.58. The van der Waals surface area contributed by atoms with Crippen molar-refractivity contribution in [3.8, 4) is 11.5 Å². The molecule has 3 aromatic rings. The molecule has 3 rings (SSSR count). The fourth-order valence-electron chi connectivity index (χ4n) is 2.58. The van der Waals surface area contributed by atoms with Crippen LogP contribution in [0.1, 0.15) is 15.9 Å². The topological polar surface area (TPSA) is 60.5 Å². The summed E-state index contributed by atoms with van der Waals surface area (Å²) in [5, 5.41) is 3.18. The van der Waals surface area contributed by atoms with Gasteiger partial charge in [0.25, 0.3) is 0 Å². The highest BCUT2D eigenvalue weighted by Gasteiger charge is 2.10. The molecule has 0 bridgehead atoms. The number of methoxy groups -OCH3 is 2. The minimum atomic E-state index is -0.142. The van der Waals surface area contributed by atoms with Crippen LogP contribution in [-0.4, -0.2) is 25.0 Å². The van der Waals surface area contributed by atoms with Gasteiger partial charge in [-0.25, -0.2) is 4.98 Å². The molecular formula is C22H20N2O3. The zero-order chi connectivity index (χ0) is 19.1. The number of ketones is 1. The van der Waals surface area contributed by atoms with Gasteiger partial charge in [-0.05, 0) is 48.0 Å². The number of pyridine rings is 1. The van der Waals surface area contributed by atoms with Gasteiger partial charge in [-0.1, -0.05) is 30.3 Å². The van der Waals surface area contributed by atoms with E-state index >= 15 is 0 Å². The van der Waals surface area contributed by atoms with E-state index in [1.54, 1.807) is 44.7 Å². The third-order valence-electron chi connectivity index (χ3n) is 3.94. The second-order valence-electron chi connectivity index (χ2n) is 5.70. The zero-order valence-corrected chi connectivity index (χ0v) is 15.2. The number of ether oxygens (including phenoxy) is 2. The van der Waals surface area contributed by atoms with Crippen molar-refractivity contribution in [3.63, 3.8) is 0 Å². The molecule has 5 nitrogen and oxygen atoms in total. The molecule has 0 fully saturated rings. The van der Waals surface area contributed by atoms with Gasteiger partial charge in [-0.15, -0.1) is 0 Å². The summed E-state index contributed by atoms with van der Waals surface area (Å²) in [5.41, 5.74) is 2.20. The normalized spacial score (nSPS) is 10.6. The number of aromatic nitrogens is 1. The number of anilines is 2. The van der Waals surface area contributed by atoms with Crippen molar-refractivity contribution in [2.24, 2.45) is 0 Å². The Kier molecular flexibility index (Phi) is 5.84. The molecule has 1 aromatic heterocycles. The lowest BCUT2D eigenvalue weighted by molar-refractivity contribution is 0.104. The molecule has 0 aliphatic heterocycles. The van der Waals surface area contributed by atoms with Crippen molar-refractivity contribution >= 4 is 23.4 Å². The number of carbonyl (C=O) groups excluding carboxylic acids is 1. The van der Waals surface area contributed by atoms with E-state index in [2.05, 4.69) is 10.3 Å². The van der Waals surface area contributed by atoms with Crippen LogP contribution in [-0.2, 0) is 0 Å². The number of benzene rings is 2. The van der Waals surface area contributed by atoms with Gasteiger partial charge in [-0.3, -0.25) is 4.79 Å². The molecule has 1 heterocycles. The smallest absolute Gasteiger partial charge is 0.189 e. The Hall–Kier alpha value is -3.60. The summed E-state index contributed by atoms with van der Waals surface area (Å²) in [7, 11) is 3.16. The zero-order valence-electron chi connectivity index (χ0n) is 15.2. The maximum absolute atomic E-state index is 12.7. The Morgan fingerprint density at radius 2 is 1.74 bits per heavy atom. The third-order valence-corrected chi connectivity index (χ3v) is 3.94. The second kappa shape index (κ2) is 8.67. The fraction of sp³-hybridized carbons (Fsp3) is 0.0909. The van der Waals surface area contributed by atoms with Gasteiger partial charge < -0.3 is 14.8 Å². The number of hydrogen-bond donors (Lipinski definition) is 1. The van der Waals surface area contributed by atoms with Gasteiger partial charge in [0.05, 0.1) is 19.8 Å². The number of hydrogen-bond acceptors (Lipinski definition) is 5. The van der Waals surface area contributed by atoms with E-state index in [4.69, 9.17) is 9.47 Å². The highest BCUT2D eigenvalue weighted by atomic mass is 16.5. The summed E-state index contributed by atoms with van der Waals surface area (Å²) in [6.45, 7) is 0. The first-order chi connectivity index (χ1) is 13.2. The Morgan fingerprint density at radius 3 is 2.48 bits per heavy atom. The molecule has 1 N–H and O–H groups in total. The summed E-state index contributed by atoms with van der Waals surface area (Å²) in [5.74, 6) is 1.63. The quantitative estimate of drug-likeness (QED) is 0.487. The summed E-state index contributed by atoms with van der Waals surface area (Å²) < 4.78 is 10.5. The van der Waals surface area contributed by atoms with Crippen LogP contribution in [0.5, 0.6) is 11.5 Å². The highest BCUT2D eigenvalue weighted by Crippen LogP contribution is 2.28. The van der Waals surface area contributed by atoms with Crippen molar-refractivity contribution in [1.82, 2.24) is 4.98 Å². The third kappa shape index (κ3) is 4.52. The lowest BCUT2D eigenvalue weighted by atomic mass is 10.1. The molecule has 0 aliphatic carbocycles. The molecule has 5 heteroatoms. The van der Waals surface area contributed by atoms with Crippen molar-refractivity contribution in [3.05, 3.63) is 84.1 Å². The lowest BCUT2D eigenvalue weighted by Gasteiger charge is -2.09. The molecule has 0 spiro atoms. The molecule has 0 atom stereocenters. The van der Waals surface area contributed by atoms with Crippen LogP contribution in [0.4, 0.5) is 11.5 Å². The number of rotatable bonds is 7. The van der Waals surface area contributed by atoms with Gasteiger partial charge in [-0.2, -0.15) is 0 Å². The predicted molar refractivity (Wildman–Crippen MR) is 107 cm³/mol. The summed E-state index contributed by atoms with van der Waals surface area (Å²) >= 11 is 0. The maximum atomic E-state index is 12.7. The summed E-state index contributed by atoms with van der Waals surface area (Å²) in [6.07, 6.45) is 4.91. The van der Waals surface area contributed by atoms with E-state index in [-0.39, 0.29) is 5.78 Å². The number of carbonyl (C=O) groups is 1. The summed E-state index contributed by atoms with van der Waals surface area (Å²) in [6, 6.07) is 18.6. The van der Waals surface area contributed by atoms with E-state index in [1.807, 2.05) is 42.5 Å². The Balaban J connectivity index is 1.81. The molecule has 0 radical (unpaired) electrons. The highest BCUT2D eigenvalue weighted by molar-refractivity contribution is 6.10. The van der Waals surface area contributed by atoms with Crippen LogP contribution in [0.25, 0.3) is 6.08 Å². The van der Waals surface area contributed by atoms with Gasteiger partial charge >= 0.3 is 0 Å². The van der Waals surface area contributed by atoms with E-state index in [1.165, 1.54) is 6.08 Å². The first kappa shape index (κ1) is 18.2. The van der Waals surface area contributed by atoms with Crippen LogP contribution in [0.15, 0.2) is 72.9 Å². The maximum Gasteiger partial charge on any atom is 0.189 e. The second-order valence-corrected chi connectivity index (χ2v) is 5.70. The predicted octanol–water partition coefficient (Wildman–Crippen LogP) is 4.74. The molecule has 2 aromatic carbocycles. The first-order valence-corrected chi connectivity index (χ1v) is 8.43. The van der Waals surface area contributed by atoms with Crippen LogP contribution >= 0.6 is 0 Å². The van der Waals surface area contributed by atoms with Gasteiger partial charge in [0.15, 0.2) is 17.3 Å². The Bertz CT molecular complexity index is 953. The molecule has 0 amide bonds. The summed E-state index contributed by atoms with van der Waals surface area (Å²) in [4.78, 5) is 17.0. The van der Waals surface area contributed by atoms with Crippen LogP contribution in [0.2, 0.25) is 0 Å². The SMILES string of the molecule is COc1ccc(C=CC(=O)c2cccnc2Nc2ccccc2)cc1OC. The molecule has 136 valence electrons. The average Bonchev–Trinajstić information content (AvgIpc) is 2.73. The monoisotopic (exact) mass is 360 g/mol. The van der Waals surface area contributed by atoms with E-state index in [0.29, 0.717) is 22.9 Å². The van der Waals surface area contributed by atoms with E-state index in [9.17, 15) is 4.79 Å².